The van der Waals surface area contributed by atoms with Crippen LogP contribution in [0.3, 0.4) is 0 Å². The van der Waals surface area contributed by atoms with Gasteiger partial charge in [0.25, 0.3) is 0 Å². The van der Waals surface area contributed by atoms with Crippen LogP contribution in [0.25, 0.3) is 0 Å². The second-order valence-electron chi connectivity index (χ2n) is 5.77. The summed E-state index contributed by atoms with van der Waals surface area (Å²) >= 11 is 0. The van der Waals surface area contributed by atoms with Crippen LogP contribution in [0.5, 0.6) is 0 Å². The number of hydrogen-bond donors (Lipinski definition) is 0. The molecule has 0 spiro atoms. The van der Waals surface area contributed by atoms with Crippen LogP contribution in [0.2, 0.25) is 0 Å². The highest BCUT2D eigenvalue weighted by atomic mass is 16.6. The van der Waals surface area contributed by atoms with Crippen molar-refractivity contribution >= 4 is 0 Å². The fraction of sp³-hybridized carbons (Fsp3) is 0.778. The standard InChI is InChI=1S/C18H32O/c1-4-6-8-10-11-13-15-17-18(19-17)16(3)14-12-9-7-5-2/h12,14,17-18H,3-11,13,15H2,1-2H3/b14-12+/t17-,18-/m0/s1. The van der Waals surface area contributed by atoms with Crippen LogP contribution >= 0.6 is 0 Å². The van der Waals surface area contributed by atoms with Gasteiger partial charge >= 0.3 is 0 Å². The lowest BCUT2D eigenvalue weighted by molar-refractivity contribution is 0.370. The van der Waals surface area contributed by atoms with Gasteiger partial charge in [0.15, 0.2) is 0 Å². The summed E-state index contributed by atoms with van der Waals surface area (Å²) < 4.78 is 5.71. The first-order valence-electron chi connectivity index (χ1n) is 8.30. The average molecular weight is 264 g/mol. The Labute approximate surface area is 120 Å². The lowest BCUT2D eigenvalue weighted by atomic mass is 10.0. The molecule has 1 aliphatic heterocycles. The van der Waals surface area contributed by atoms with Crippen LogP contribution in [0.1, 0.15) is 78.1 Å². The van der Waals surface area contributed by atoms with E-state index in [1.165, 1.54) is 69.8 Å². The Kier molecular flexibility index (Phi) is 8.90. The zero-order chi connectivity index (χ0) is 13.9. The third-order valence-corrected chi connectivity index (χ3v) is 3.85. The normalized spacial score (nSPS) is 22.0. The minimum atomic E-state index is 0.327. The molecular weight excluding hydrogens is 232 g/mol. The second kappa shape index (κ2) is 10.3. The summed E-state index contributed by atoms with van der Waals surface area (Å²) in [6, 6.07) is 0. The predicted octanol–water partition coefficient (Wildman–Crippen LogP) is 5.81. The summed E-state index contributed by atoms with van der Waals surface area (Å²) in [4.78, 5) is 0. The highest BCUT2D eigenvalue weighted by Crippen LogP contribution is 2.33. The van der Waals surface area contributed by atoms with Gasteiger partial charge in [0.2, 0.25) is 0 Å². The fourth-order valence-electron chi connectivity index (χ4n) is 2.47. The number of ether oxygens (including phenoxy) is 1. The number of epoxide rings is 1. The molecule has 1 heteroatoms. The minimum absolute atomic E-state index is 0.327. The zero-order valence-electron chi connectivity index (χ0n) is 13.0. The van der Waals surface area contributed by atoms with E-state index in [1.54, 1.807) is 0 Å². The highest BCUT2D eigenvalue weighted by Gasteiger charge is 2.38. The molecule has 0 amide bonds. The van der Waals surface area contributed by atoms with Crippen molar-refractivity contribution < 1.29 is 4.74 Å². The van der Waals surface area contributed by atoms with Crippen LogP contribution in [0, 0.1) is 0 Å². The molecule has 0 aromatic rings. The molecular formula is C18H32O. The maximum atomic E-state index is 5.71. The van der Waals surface area contributed by atoms with Crippen LogP contribution in [-0.4, -0.2) is 12.2 Å². The van der Waals surface area contributed by atoms with E-state index < -0.39 is 0 Å². The van der Waals surface area contributed by atoms with Crippen LogP contribution in [0.4, 0.5) is 0 Å². The third-order valence-electron chi connectivity index (χ3n) is 3.85. The van der Waals surface area contributed by atoms with Crippen molar-refractivity contribution in [1.82, 2.24) is 0 Å². The van der Waals surface area contributed by atoms with Crippen molar-refractivity contribution in [3.63, 3.8) is 0 Å². The first kappa shape index (κ1) is 16.5. The Balaban J connectivity index is 1.98. The monoisotopic (exact) mass is 264 g/mol. The summed E-state index contributed by atoms with van der Waals surface area (Å²) in [5.74, 6) is 0. The van der Waals surface area contributed by atoms with E-state index in [2.05, 4.69) is 32.6 Å². The third kappa shape index (κ3) is 7.57. The summed E-state index contributed by atoms with van der Waals surface area (Å²) in [6.07, 6.45) is 18.3. The summed E-state index contributed by atoms with van der Waals surface area (Å²) in [5.41, 5.74) is 1.17. The molecule has 0 N–H and O–H groups in total. The van der Waals surface area contributed by atoms with Gasteiger partial charge in [0.1, 0.15) is 6.10 Å². The van der Waals surface area contributed by atoms with Crippen molar-refractivity contribution in [1.29, 1.82) is 0 Å². The predicted molar refractivity (Wildman–Crippen MR) is 84.5 cm³/mol. The van der Waals surface area contributed by atoms with Crippen molar-refractivity contribution in [2.75, 3.05) is 0 Å². The van der Waals surface area contributed by atoms with E-state index in [1.807, 2.05) is 0 Å². The lowest BCUT2D eigenvalue weighted by Crippen LogP contribution is -1.95. The molecule has 2 atom stereocenters. The smallest absolute Gasteiger partial charge is 0.109 e. The molecule has 0 unspecified atom stereocenters. The Bertz CT molecular complexity index is 267. The molecule has 1 heterocycles. The van der Waals surface area contributed by atoms with Gasteiger partial charge in [-0.25, -0.2) is 0 Å². The molecule has 19 heavy (non-hydrogen) atoms. The maximum absolute atomic E-state index is 5.71. The number of hydrogen-bond acceptors (Lipinski definition) is 1. The molecule has 0 aliphatic carbocycles. The highest BCUT2D eigenvalue weighted by molar-refractivity contribution is 5.25. The van der Waals surface area contributed by atoms with E-state index >= 15 is 0 Å². The molecule has 0 bridgehead atoms. The quantitative estimate of drug-likeness (QED) is 0.246. The molecule has 0 saturated carbocycles. The van der Waals surface area contributed by atoms with Gasteiger partial charge in [-0.05, 0) is 18.4 Å². The molecule has 1 rings (SSSR count). The first-order valence-corrected chi connectivity index (χ1v) is 8.30. The Morgan fingerprint density at radius 1 is 1.00 bits per heavy atom. The topological polar surface area (TPSA) is 12.5 Å². The summed E-state index contributed by atoms with van der Waals surface area (Å²) in [5, 5.41) is 0. The second-order valence-corrected chi connectivity index (χ2v) is 5.77. The van der Waals surface area contributed by atoms with Gasteiger partial charge in [-0.15, -0.1) is 0 Å². The summed E-state index contributed by atoms with van der Waals surface area (Å²) in [7, 11) is 0. The Hall–Kier alpha value is -0.560. The van der Waals surface area contributed by atoms with Crippen molar-refractivity contribution in [2.24, 2.45) is 0 Å². The molecule has 1 nitrogen and oxygen atoms in total. The van der Waals surface area contributed by atoms with Gasteiger partial charge in [-0.1, -0.05) is 83.9 Å². The van der Waals surface area contributed by atoms with Crippen molar-refractivity contribution in [3.05, 3.63) is 24.3 Å². The van der Waals surface area contributed by atoms with Gasteiger partial charge in [-0.3, -0.25) is 0 Å². The Morgan fingerprint density at radius 2 is 1.68 bits per heavy atom. The van der Waals surface area contributed by atoms with Crippen LogP contribution in [0.15, 0.2) is 24.3 Å². The van der Waals surface area contributed by atoms with Gasteiger partial charge in [-0.2, -0.15) is 0 Å². The molecule has 1 fully saturated rings. The van der Waals surface area contributed by atoms with E-state index in [0.29, 0.717) is 12.2 Å². The largest absolute Gasteiger partial charge is 0.365 e. The first-order chi connectivity index (χ1) is 9.29. The SMILES string of the molecule is C=C(/C=C/CCCC)[C@@H]1O[C@H]1CCCCCCCC. The maximum Gasteiger partial charge on any atom is 0.109 e. The van der Waals surface area contributed by atoms with E-state index in [4.69, 9.17) is 4.74 Å². The molecule has 110 valence electrons. The van der Waals surface area contributed by atoms with Gasteiger partial charge < -0.3 is 4.74 Å². The van der Waals surface area contributed by atoms with E-state index in [-0.39, 0.29) is 0 Å². The van der Waals surface area contributed by atoms with Crippen molar-refractivity contribution in [3.8, 4) is 0 Å². The van der Waals surface area contributed by atoms with Gasteiger partial charge in [0.05, 0.1) is 6.10 Å². The van der Waals surface area contributed by atoms with Crippen LogP contribution in [-0.2, 0) is 4.74 Å². The molecule has 0 aromatic heterocycles. The molecule has 0 aromatic carbocycles. The average Bonchev–Trinajstić information content (AvgIpc) is 3.18. The molecule has 1 aliphatic rings. The van der Waals surface area contributed by atoms with Gasteiger partial charge in [0, 0.05) is 0 Å². The molecule has 0 radical (unpaired) electrons. The van der Waals surface area contributed by atoms with E-state index in [9.17, 15) is 0 Å². The lowest BCUT2D eigenvalue weighted by Gasteiger charge is -1.99. The minimum Gasteiger partial charge on any atom is -0.365 e. The molecule has 1 saturated heterocycles. The van der Waals surface area contributed by atoms with E-state index in [0.717, 1.165) is 0 Å². The zero-order valence-corrected chi connectivity index (χ0v) is 13.0. The summed E-state index contributed by atoms with van der Waals surface area (Å²) in [6.45, 7) is 8.61. The number of rotatable bonds is 12. The number of allylic oxidation sites excluding steroid dienone is 1. The number of unbranched alkanes of at least 4 members (excludes halogenated alkanes) is 7. The Morgan fingerprint density at radius 3 is 2.42 bits per heavy atom. The van der Waals surface area contributed by atoms with Crippen molar-refractivity contribution in [2.45, 2.75) is 90.3 Å². The van der Waals surface area contributed by atoms with Crippen LogP contribution < -0.4 is 0 Å². The fourth-order valence-corrected chi connectivity index (χ4v) is 2.47.